The zero-order valence-corrected chi connectivity index (χ0v) is 18.4. The largest absolute Gasteiger partial charge is 0.355 e. The van der Waals surface area contributed by atoms with Gasteiger partial charge in [-0.1, -0.05) is 36.4 Å². The maximum Gasteiger partial charge on any atom is 0.167 e. The lowest BCUT2D eigenvalue weighted by Gasteiger charge is -2.11. The van der Waals surface area contributed by atoms with Gasteiger partial charge >= 0.3 is 0 Å². The molecule has 5 heteroatoms. The van der Waals surface area contributed by atoms with Gasteiger partial charge in [-0.15, -0.1) is 0 Å². The van der Waals surface area contributed by atoms with E-state index in [0.29, 0.717) is 22.9 Å². The molecule has 0 amide bonds. The molecule has 0 spiro atoms. The molecule has 1 N–H and O–H groups in total. The Bertz CT molecular complexity index is 1470. The highest BCUT2D eigenvalue weighted by atomic mass is 19.1. The molecule has 5 rings (SSSR count). The fourth-order valence-corrected chi connectivity index (χ4v) is 4.03. The van der Waals surface area contributed by atoms with Crippen molar-refractivity contribution in [3.63, 3.8) is 0 Å². The molecule has 0 saturated carbocycles. The second kappa shape index (κ2) is 9.63. The lowest BCUT2D eigenvalue weighted by molar-refractivity contribution is 0.0993. The van der Waals surface area contributed by atoms with Crippen molar-refractivity contribution in [3.8, 4) is 0 Å². The lowest BCUT2D eigenvalue weighted by atomic mass is 9.98. The number of rotatable bonds is 7. The summed E-state index contributed by atoms with van der Waals surface area (Å²) in [6, 6.07) is 25.8. The van der Waals surface area contributed by atoms with Gasteiger partial charge in [0.2, 0.25) is 0 Å². The van der Waals surface area contributed by atoms with Gasteiger partial charge in [-0.05, 0) is 71.6 Å². The number of ketones is 1. The Labute approximate surface area is 197 Å². The van der Waals surface area contributed by atoms with E-state index in [-0.39, 0.29) is 11.6 Å². The number of Topliss-reactive ketones (excluding diaryl/α,β-unsaturated/α-hetero) is 1. The molecule has 34 heavy (non-hydrogen) atoms. The van der Waals surface area contributed by atoms with Crippen molar-refractivity contribution in [1.29, 1.82) is 0 Å². The average Bonchev–Trinajstić information content (AvgIpc) is 2.85. The van der Waals surface area contributed by atoms with Crippen LogP contribution in [0.5, 0.6) is 0 Å². The predicted octanol–water partition coefficient (Wildman–Crippen LogP) is 6.53. The van der Waals surface area contributed by atoms with Crippen LogP contribution >= 0.6 is 0 Å². The van der Waals surface area contributed by atoms with Crippen LogP contribution in [0.1, 0.15) is 27.0 Å². The number of hydrogen-bond acceptors (Lipinski definition) is 4. The molecule has 5 aromatic rings. The van der Waals surface area contributed by atoms with E-state index < -0.39 is 0 Å². The molecule has 3 aromatic carbocycles. The first-order chi connectivity index (χ1) is 16.6. The number of carbonyl (C=O) groups is 1. The molecule has 0 unspecified atom stereocenters. The van der Waals surface area contributed by atoms with E-state index in [1.807, 2.05) is 48.5 Å². The van der Waals surface area contributed by atoms with Crippen molar-refractivity contribution in [2.75, 3.05) is 5.32 Å². The van der Waals surface area contributed by atoms with Gasteiger partial charge in [0.1, 0.15) is 5.82 Å². The number of aromatic nitrogens is 2. The number of nitrogens with one attached hydrogen (secondary N) is 1. The van der Waals surface area contributed by atoms with E-state index in [0.717, 1.165) is 28.9 Å². The highest BCUT2D eigenvalue weighted by Gasteiger charge is 2.10. The molecular weight excluding hydrogens is 425 g/mol. The van der Waals surface area contributed by atoms with Gasteiger partial charge in [0.15, 0.2) is 5.78 Å². The Morgan fingerprint density at radius 2 is 1.62 bits per heavy atom. The van der Waals surface area contributed by atoms with Crippen LogP contribution < -0.4 is 5.32 Å². The minimum absolute atomic E-state index is 0.0374. The number of carbonyl (C=O) groups excluding carboxylic acids is 1. The Balaban J connectivity index is 1.33. The van der Waals surface area contributed by atoms with E-state index in [4.69, 9.17) is 0 Å². The Kier molecular flexibility index (Phi) is 6.08. The number of hydrogen-bond donors (Lipinski definition) is 1. The minimum atomic E-state index is -0.321. The quantitative estimate of drug-likeness (QED) is 0.288. The first-order valence-electron chi connectivity index (χ1n) is 11.1. The molecule has 0 aliphatic heterocycles. The van der Waals surface area contributed by atoms with Crippen LogP contribution in [0.3, 0.4) is 0 Å². The van der Waals surface area contributed by atoms with Crippen LogP contribution in [-0.4, -0.2) is 15.8 Å². The summed E-state index contributed by atoms with van der Waals surface area (Å²) in [7, 11) is 0. The standard InChI is InChI=1S/C29H22FN3O/c30-24-7-8-27-26(19-24)28(11-14-32-27)33-25-6-2-5-23(18-25)29(34)17-22-4-1-3-21(16-22)15-20-9-12-31-13-10-20/h1-14,16,18-19H,15,17H2,(H,32,33). The molecular formula is C29H22FN3O. The maximum absolute atomic E-state index is 13.8. The lowest BCUT2D eigenvalue weighted by Crippen LogP contribution is -2.05. The zero-order chi connectivity index (χ0) is 23.3. The SMILES string of the molecule is O=C(Cc1cccc(Cc2ccncc2)c1)c1cccc(Nc2ccnc3ccc(F)cc23)c1. The highest BCUT2D eigenvalue weighted by Crippen LogP contribution is 2.26. The van der Waals surface area contributed by atoms with Crippen LogP contribution in [0.4, 0.5) is 15.8 Å². The molecule has 0 aliphatic carbocycles. The number of pyridine rings is 2. The molecule has 0 fully saturated rings. The van der Waals surface area contributed by atoms with Crippen molar-refractivity contribution in [1.82, 2.24) is 9.97 Å². The number of nitrogens with zero attached hydrogens (tertiary/aromatic N) is 2. The van der Waals surface area contributed by atoms with Gasteiger partial charge in [0.25, 0.3) is 0 Å². The van der Waals surface area contributed by atoms with E-state index in [2.05, 4.69) is 27.4 Å². The minimum Gasteiger partial charge on any atom is -0.355 e. The van der Waals surface area contributed by atoms with Crippen molar-refractivity contribution < 1.29 is 9.18 Å². The molecule has 0 saturated heterocycles. The summed E-state index contributed by atoms with van der Waals surface area (Å²) in [5.41, 5.74) is 6.13. The van der Waals surface area contributed by atoms with Crippen LogP contribution in [-0.2, 0) is 12.8 Å². The van der Waals surface area contributed by atoms with Gasteiger partial charge in [-0.25, -0.2) is 4.39 Å². The third kappa shape index (κ3) is 4.99. The van der Waals surface area contributed by atoms with Crippen molar-refractivity contribution in [2.45, 2.75) is 12.8 Å². The van der Waals surface area contributed by atoms with Gasteiger partial charge in [0.05, 0.1) is 5.52 Å². The number of anilines is 2. The van der Waals surface area contributed by atoms with Crippen LogP contribution in [0.15, 0.2) is 104 Å². The first-order valence-corrected chi connectivity index (χ1v) is 11.1. The Hall–Kier alpha value is -4.38. The molecule has 0 radical (unpaired) electrons. The maximum atomic E-state index is 13.8. The molecule has 0 aliphatic rings. The summed E-state index contributed by atoms with van der Waals surface area (Å²) >= 11 is 0. The molecule has 0 atom stereocenters. The molecule has 166 valence electrons. The highest BCUT2D eigenvalue weighted by molar-refractivity contribution is 5.99. The van der Waals surface area contributed by atoms with Crippen molar-refractivity contribution >= 4 is 28.1 Å². The smallest absolute Gasteiger partial charge is 0.167 e. The third-order valence-corrected chi connectivity index (χ3v) is 5.68. The summed E-state index contributed by atoms with van der Waals surface area (Å²) in [5.74, 6) is -0.283. The van der Waals surface area contributed by atoms with E-state index in [9.17, 15) is 9.18 Å². The summed E-state index contributed by atoms with van der Waals surface area (Å²) in [6.45, 7) is 0. The fourth-order valence-electron chi connectivity index (χ4n) is 4.03. The van der Waals surface area contributed by atoms with Gasteiger partial charge in [0, 0.05) is 47.3 Å². The van der Waals surface area contributed by atoms with E-state index in [1.165, 1.54) is 17.7 Å². The second-order valence-corrected chi connectivity index (χ2v) is 8.18. The molecule has 0 bridgehead atoms. The van der Waals surface area contributed by atoms with Gasteiger partial charge in [-0.2, -0.15) is 0 Å². The monoisotopic (exact) mass is 447 g/mol. The zero-order valence-electron chi connectivity index (χ0n) is 18.4. The van der Waals surface area contributed by atoms with Crippen LogP contribution in [0.2, 0.25) is 0 Å². The first kappa shape index (κ1) is 21.5. The summed E-state index contributed by atoms with van der Waals surface area (Å²) < 4.78 is 13.8. The summed E-state index contributed by atoms with van der Waals surface area (Å²) in [4.78, 5) is 21.4. The van der Waals surface area contributed by atoms with E-state index in [1.54, 1.807) is 30.7 Å². The number of halogens is 1. The number of fused-ring (bicyclic) bond motifs is 1. The van der Waals surface area contributed by atoms with Crippen LogP contribution in [0.25, 0.3) is 10.9 Å². The van der Waals surface area contributed by atoms with Crippen molar-refractivity contribution in [2.24, 2.45) is 0 Å². The van der Waals surface area contributed by atoms with E-state index >= 15 is 0 Å². The van der Waals surface area contributed by atoms with Crippen molar-refractivity contribution in [3.05, 3.63) is 132 Å². The van der Waals surface area contributed by atoms with Gasteiger partial charge < -0.3 is 5.32 Å². The normalized spacial score (nSPS) is 10.9. The Morgan fingerprint density at radius 1 is 0.794 bits per heavy atom. The topological polar surface area (TPSA) is 54.9 Å². The fraction of sp³-hybridized carbons (Fsp3) is 0.0690. The van der Waals surface area contributed by atoms with Crippen LogP contribution in [0, 0.1) is 5.82 Å². The predicted molar refractivity (Wildman–Crippen MR) is 133 cm³/mol. The second-order valence-electron chi connectivity index (χ2n) is 8.18. The summed E-state index contributed by atoms with van der Waals surface area (Å²) in [6.07, 6.45) is 6.36. The summed E-state index contributed by atoms with van der Waals surface area (Å²) in [5, 5.41) is 3.99. The number of benzene rings is 3. The molecule has 2 aromatic heterocycles. The average molecular weight is 448 g/mol. The molecule has 2 heterocycles. The third-order valence-electron chi connectivity index (χ3n) is 5.68. The molecule has 4 nitrogen and oxygen atoms in total. The Morgan fingerprint density at radius 3 is 2.50 bits per heavy atom. The van der Waals surface area contributed by atoms with Gasteiger partial charge in [-0.3, -0.25) is 14.8 Å².